The van der Waals surface area contributed by atoms with E-state index in [0.717, 1.165) is 16.6 Å². The van der Waals surface area contributed by atoms with E-state index in [1.54, 1.807) is 0 Å². The quantitative estimate of drug-likeness (QED) is 0.731. The summed E-state index contributed by atoms with van der Waals surface area (Å²) in [5, 5.41) is 8.47. The Morgan fingerprint density at radius 2 is 1.55 bits per heavy atom. The van der Waals surface area contributed by atoms with Gasteiger partial charge in [-0.1, -0.05) is 35.9 Å². The van der Waals surface area contributed by atoms with E-state index in [2.05, 4.69) is 43.1 Å². The lowest BCUT2D eigenvalue weighted by Crippen LogP contribution is -2.10. The molecule has 0 saturated heterocycles. The SMILES string of the molecule is Cc1cc(C)c(-c2n[nH]c(=O)c3ccccc23)c(C)c1. The Morgan fingerprint density at radius 3 is 2.20 bits per heavy atom. The number of nitrogens with zero attached hydrogens (tertiary/aromatic N) is 1. The third kappa shape index (κ3) is 1.92. The monoisotopic (exact) mass is 264 g/mol. The molecule has 3 aromatic rings. The van der Waals surface area contributed by atoms with Gasteiger partial charge in [-0.2, -0.15) is 5.10 Å². The van der Waals surface area contributed by atoms with Crippen molar-refractivity contribution in [3.8, 4) is 11.3 Å². The van der Waals surface area contributed by atoms with Crippen molar-refractivity contribution >= 4 is 10.8 Å². The highest BCUT2D eigenvalue weighted by Crippen LogP contribution is 2.30. The molecule has 0 spiro atoms. The van der Waals surface area contributed by atoms with Crippen LogP contribution in [0.25, 0.3) is 22.0 Å². The lowest BCUT2D eigenvalue weighted by molar-refractivity contribution is 1.01. The maximum absolute atomic E-state index is 11.9. The Morgan fingerprint density at radius 1 is 0.950 bits per heavy atom. The second kappa shape index (κ2) is 4.60. The molecule has 2 aromatic carbocycles. The Hall–Kier alpha value is -2.42. The first-order valence-corrected chi connectivity index (χ1v) is 6.63. The Bertz CT molecular complexity index is 839. The van der Waals surface area contributed by atoms with E-state index >= 15 is 0 Å². The number of rotatable bonds is 1. The van der Waals surface area contributed by atoms with E-state index in [4.69, 9.17) is 0 Å². The average molecular weight is 264 g/mol. The summed E-state index contributed by atoms with van der Waals surface area (Å²) in [4.78, 5) is 11.9. The highest BCUT2D eigenvalue weighted by Gasteiger charge is 2.13. The van der Waals surface area contributed by atoms with E-state index < -0.39 is 0 Å². The molecular weight excluding hydrogens is 248 g/mol. The molecule has 1 aromatic heterocycles. The van der Waals surface area contributed by atoms with Gasteiger partial charge in [0.25, 0.3) is 5.56 Å². The van der Waals surface area contributed by atoms with Crippen LogP contribution in [0.2, 0.25) is 0 Å². The first kappa shape index (κ1) is 12.6. The normalized spacial score (nSPS) is 10.9. The average Bonchev–Trinajstić information content (AvgIpc) is 2.40. The van der Waals surface area contributed by atoms with E-state index in [-0.39, 0.29) is 5.56 Å². The standard InChI is InChI=1S/C17H16N2O/c1-10-8-11(2)15(12(3)9-10)16-13-6-4-5-7-14(13)17(20)19-18-16/h4-9H,1-3H3,(H,19,20). The number of H-pyrrole nitrogens is 1. The molecule has 1 heterocycles. The van der Waals surface area contributed by atoms with Crippen LogP contribution in [0.3, 0.4) is 0 Å². The van der Waals surface area contributed by atoms with Gasteiger partial charge in [0, 0.05) is 10.9 Å². The molecule has 100 valence electrons. The fraction of sp³-hybridized carbons (Fsp3) is 0.176. The third-order valence-corrected chi connectivity index (χ3v) is 3.61. The molecule has 0 aliphatic carbocycles. The van der Waals surface area contributed by atoms with Crippen molar-refractivity contribution in [3.63, 3.8) is 0 Å². The van der Waals surface area contributed by atoms with Gasteiger partial charge in [-0.05, 0) is 38.0 Å². The van der Waals surface area contributed by atoms with E-state index in [9.17, 15) is 4.79 Å². The molecule has 0 aliphatic rings. The van der Waals surface area contributed by atoms with Crippen LogP contribution in [0.5, 0.6) is 0 Å². The Labute approximate surface area is 117 Å². The maximum Gasteiger partial charge on any atom is 0.272 e. The van der Waals surface area contributed by atoms with Crippen LogP contribution in [0.1, 0.15) is 16.7 Å². The minimum atomic E-state index is -0.147. The molecule has 0 saturated carbocycles. The predicted molar refractivity (Wildman–Crippen MR) is 82.0 cm³/mol. The van der Waals surface area contributed by atoms with Gasteiger partial charge < -0.3 is 0 Å². The van der Waals surface area contributed by atoms with Crippen LogP contribution in [0.15, 0.2) is 41.2 Å². The van der Waals surface area contributed by atoms with Crippen molar-refractivity contribution < 1.29 is 0 Å². The topological polar surface area (TPSA) is 45.8 Å². The van der Waals surface area contributed by atoms with Crippen molar-refractivity contribution in [3.05, 3.63) is 63.4 Å². The highest BCUT2D eigenvalue weighted by atomic mass is 16.1. The smallest absolute Gasteiger partial charge is 0.267 e. The predicted octanol–water partition coefficient (Wildman–Crippen LogP) is 3.52. The highest BCUT2D eigenvalue weighted by molar-refractivity contribution is 5.95. The summed E-state index contributed by atoms with van der Waals surface area (Å²) in [6.07, 6.45) is 0. The zero-order chi connectivity index (χ0) is 14.3. The van der Waals surface area contributed by atoms with Crippen molar-refractivity contribution in [2.24, 2.45) is 0 Å². The Balaban J connectivity index is 2.42. The van der Waals surface area contributed by atoms with Gasteiger partial charge >= 0.3 is 0 Å². The summed E-state index contributed by atoms with van der Waals surface area (Å²) < 4.78 is 0. The molecule has 0 bridgehead atoms. The van der Waals surface area contributed by atoms with E-state index in [1.807, 2.05) is 24.3 Å². The first-order valence-electron chi connectivity index (χ1n) is 6.63. The van der Waals surface area contributed by atoms with Crippen LogP contribution >= 0.6 is 0 Å². The van der Waals surface area contributed by atoms with Crippen LogP contribution in [0, 0.1) is 20.8 Å². The molecule has 0 aliphatic heterocycles. The number of nitrogens with one attached hydrogen (secondary N) is 1. The minimum Gasteiger partial charge on any atom is -0.267 e. The van der Waals surface area contributed by atoms with Crippen molar-refractivity contribution in [2.75, 3.05) is 0 Å². The van der Waals surface area contributed by atoms with Crippen LogP contribution in [-0.2, 0) is 0 Å². The first-order chi connectivity index (χ1) is 9.58. The summed E-state index contributed by atoms with van der Waals surface area (Å²) in [7, 11) is 0. The summed E-state index contributed by atoms with van der Waals surface area (Å²) in [5.41, 5.74) is 5.38. The second-order valence-electron chi connectivity index (χ2n) is 5.22. The van der Waals surface area contributed by atoms with Gasteiger partial charge in [0.2, 0.25) is 0 Å². The zero-order valence-corrected chi connectivity index (χ0v) is 11.8. The van der Waals surface area contributed by atoms with Crippen molar-refractivity contribution in [2.45, 2.75) is 20.8 Å². The summed E-state index contributed by atoms with van der Waals surface area (Å²) in [6, 6.07) is 11.9. The molecule has 0 unspecified atom stereocenters. The fourth-order valence-electron chi connectivity index (χ4n) is 2.86. The molecule has 3 heteroatoms. The van der Waals surface area contributed by atoms with Gasteiger partial charge in [0.15, 0.2) is 0 Å². The summed E-state index contributed by atoms with van der Waals surface area (Å²) >= 11 is 0. The third-order valence-electron chi connectivity index (χ3n) is 3.61. The molecule has 0 radical (unpaired) electrons. The zero-order valence-electron chi connectivity index (χ0n) is 11.8. The van der Waals surface area contributed by atoms with Gasteiger partial charge in [-0.15, -0.1) is 0 Å². The van der Waals surface area contributed by atoms with Gasteiger partial charge in [0.05, 0.1) is 11.1 Å². The molecular formula is C17H16N2O. The number of aryl methyl sites for hydroxylation is 3. The summed E-state index contributed by atoms with van der Waals surface area (Å²) in [5.74, 6) is 0. The van der Waals surface area contributed by atoms with Crippen LogP contribution < -0.4 is 5.56 Å². The lowest BCUT2D eigenvalue weighted by Gasteiger charge is -2.12. The molecule has 0 atom stereocenters. The number of aromatic nitrogens is 2. The molecule has 0 fully saturated rings. The molecule has 1 N–H and O–H groups in total. The number of hydrogen-bond donors (Lipinski definition) is 1. The van der Waals surface area contributed by atoms with Gasteiger partial charge in [-0.3, -0.25) is 4.79 Å². The molecule has 3 nitrogen and oxygen atoms in total. The van der Waals surface area contributed by atoms with Crippen LogP contribution in [0.4, 0.5) is 0 Å². The molecule has 3 rings (SSSR count). The van der Waals surface area contributed by atoms with Crippen LogP contribution in [-0.4, -0.2) is 10.2 Å². The minimum absolute atomic E-state index is 0.147. The van der Waals surface area contributed by atoms with Crippen molar-refractivity contribution in [1.29, 1.82) is 0 Å². The van der Waals surface area contributed by atoms with E-state index in [0.29, 0.717) is 5.39 Å². The van der Waals surface area contributed by atoms with E-state index in [1.165, 1.54) is 16.7 Å². The molecule has 0 amide bonds. The number of aromatic amines is 1. The number of benzene rings is 2. The van der Waals surface area contributed by atoms with Crippen molar-refractivity contribution in [1.82, 2.24) is 10.2 Å². The number of fused-ring (bicyclic) bond motifs is 1. The largest absolute Gasteiger partial charge is 0.272 e. The maximum atomic E-state index is 11.9. The lowest BCUT2D eigenvalue weighted by atomic mass is 9.95. The van der Waals surface area contributed by atoms with Gasteiger partial charge in [0.1, 0.15) is 0 Å². The number of hydrogen-bond acceptors (Lipinski definition) is 2. The fourth-order valence-corrected chi connectivity index (χ4v) is 2.86. The summed E-state index contributed by atoms with van der Waals surface area (Å²) in [6.45, 7) is 6.25. The van der Waals surface area contributed by atoms with Gasteiger partial charge in [-0.25, -0.2) is 5.10 Å². The molecule has 20 heavy (non-hydrogen) atoms. The Kier molecular flexibility index (Phi) is 2.90. The second-order valence-corrected chi connectivity index (χ2v) is 5.22.